The smallest absolute Gasteiger partial charge is 0.414 e. The molecule has 0 saturated carbocycles. The van der Waals surface area contributed by atoms with Crippen molar-refractivity contribution < 1.29 is 17.9 Å². The molecule has 0 aromatic heterocycles. The van der Waals surface area contributed by atoms with Crippen molar-refractivity contribution in [3.8, 4) is 0 Å². The van der Waals surface area contributed by atoms with Crippen molar-refractivity contribution in [3.05, 3.63) is 58.1 Å². The number of halogens is 2. The first-order chi connectivity index (χ1) is 13.4. The normalized spacial score (nSPS) is 18.6. The second-order valence-corrected chi connectivity index (χ2v) is 9.52. The molecule has 1 fully saturated rings. The molecule has 1 amide bonds. The molecule has 0 bridgehead atoms. The number of piperidine rings is 1. The Bertz CT molecular complexity index is 1020. The number of ether oxygens (including phenoxy) is 1. The van der Waals surface area contributed by atoms with E-state index >= 15 is 0 Å². The van der Waals surface area contributed by atoms with Gasteiger partial charge in [0.15, 0.2) is 0 Å². The average Bonchev–Trinajstić information content (AvgIpc) is 2.70. The predicted molar refractivity (Wildman–Crippen MR) is 107 cm³/mol. The maximum Gasteiger partial charge on any atom is 0.414 e. The van der Waals surface area contributed by atoms with Gasteiger partial charge < -0.3 is 4.74 Å². The molecule has 6 nitrogen and oxygen atoms in total. The summed E-state index contributed by atoms with van der Waals surface area (Å²) in [7, 11) is -3.67. The van der Waals surface area contributed by atoms with Crippen molar-refractivity contribution in [2.24, 2.45) is 0 Å². The van der Waals surface area contributed by atoms with Crippen LogP contribution in [-0.4, -0.2) is 37.9 Å². The zero-order valence-electron chi connectivity index (χ0n) is 14.8. The molecule has 0 unspecified atom stereocenters. The summed E-state index contributed by atoms with van der Waals surface area (Å²) in [5.41, 5.74) is 1.79. The van der Waals surface area contributed by atoms with Gasteiger partial charge in [-0.25, -0.2) is 13.2 Å². The van der Waals surface area contributed by atoms with Gasteiger partial charge in [-0.15, -0.1) is 0 Å². The molecule has 148 valence electrons. The number of anilines is 1. The number of carbonyl (C=O) groups is 1. The van der Waals surface area contributed by atoms with Gasteiger partial charge in [-0.2, -0.15) is 4.31 Å². The van der Waals surface area contributed by atoms with Crippen LogP contribution < -0.4 is 4.90 Å². The highest BCUT2D eigenvalue weighted by atomic mass is 35.5. The summed E-state index contributed by atoms with van der Waals surface area (Å²) in [5.74, 6) is 0. The highest BCUT2D eigenvalue weighted by molar-refractivity contribution is 7.89. The number of cyclic esters (lactones) is 1. The minimum atomic E-state index is -3.67. The van der Waals surface area contributed by atoms with Gasteiger partial charge in [-0.3, -0.25) is 4.90 Å². The lowest BCUT2D eigenvalue weighted by molar-refractivity contribution is 0.136. The number of hydrogen-bond acceptors (Lipinski definition) is 4. The predicted octanol–water partition coefficient (Wildman–Crippen LogP) is 4.30. The van der Waals surface area contributed by atoms with Gasteiger partial charge in [0, 0.05) is 24.7 Å². The van der Waals surface area contributed by atoms with Crippen molar-refractivity contribution in [2.45, 2.75) is 30.4 Å². The highest BCUT2D eigenvalue weighted by Crippen LogP contribution is 2.33. The Morgan fingerprint density at radius 2 is 1.71 bits per heavy atom. The minimum absolute atomic E-state index is 0.114. The number of carbonyl (C=O) groups excluding carboxylic acids is 1. The monoisotopic (exact) mass is 440 g/mol. The second-order valence-electron chi connectivity index (χ2n) is 6.76. The van der Waals surface area contributed by atoms with Crippen LogP contribution in [0.2, 0.25) is 10.0 Å². The van der Waals surface area contributed by atoms with Crippen LogP contribution in [0.25, 0.3) is 0 Å². The standard InChI is InChI=1S/C19H18Cl2N2O4S/c20-16-6-5-15(11-17(16)21)28(25,26)22-9-7-14(8-10-22)23-18-4-2-1-3-13(18)12-27-19(23)24/h1-6,11,14H,7-10,12H2. The number of fused-ring (bicyclic) bond motifs is 1. The third-order valence-electron chi connectivity index (χ3n) is 5.12. The van der Waals surface area contributed by atoms with Crippen LogP contribution in [0.4, 0.5) is 10.5 Å². The summed E-state index contributed by atoms with van der Waals surface area (Å²) in [6.07, 6.45) is 0.651. The number of rotatable bonds is 3. The Morgan fingerprint density at radius 3 is 2.43 bits per heavy atom. The van der Waals surface area contributed by atoms with Gasteiger partial charge in [-0.1, -0.05) is 41.4 Å². The number of nitrogens with zero attached hydrogens (tertiary/aromatic N) is 2. The third-order valence-corrected chi connectivity index (χ3v) is 7.75. The maximum atomic E-state index is 12.9. The van der Waals surface area contributed by atoms with E-state index in [9.17, 15) is 13.2 Å². The average molecular weight is 441 g/mol. The fraction of sp³-hybridized carbons (Fsp3) is 0.316. The largest absolute Gasteiger partial charge is 0.444 e. The molecule has 2 aromatic rings. The summed E-state index contributed by atoms with van der Waals surface area (Å²) in [6, 6.07) is 11.8. The van der Waals surface area contributed by atoms with E-state index < -0.39 is 10.0 Å². The molecule has 0 N–H and O–H groups in total. The van der Waals surface area contributed by atoms with Gasteiger partial charge >= 0.3 is 6.09 Å². The second kappa shape index (κ2) is 7.55. The van der Waals surface area contributed by atoms with Crippen LogP contribution in [0.15, 0.2) is 47.4 Å². The van der Waals surface area contributed by atoms with Crippen molar-refractivity contribution in [3.63, 3.8) is 0 Å². The first-order valence-corrected chi connectivity index (χ1v) is 11.1. The lowest BCUT2D eigenvalue weighted by atomic mass is 10.0. The fourth-order valence-corrected chi connectivity index (χ4v) is 5.51. The maximum absolute atomic E-state index is 12.9. The Kier molecular flexibility index (Phi) is 5.26. The van der Waals surface area contributed by atoms with E-state index in [1.807, 2.05) is 24.3 Å². The lowest BCUT2D eigenvalue weighted by Crippen LogP contribution is -2.50. The lowest BCUT2D eigenvalue weighted by Gasteiger charge is -2.39. The van der Waals surface area contributed by atoms with E-state index in [0.717, 1.165) is 11.3 Å². The topological polar surface area (TPSA) is 66.9 Å². The summed E-state index contributed by atoms with van der Waals surface area (Å²) in [5, 5.41) is 0.506. The molecule has 2 heterocycles. The Labute approximate surface area is 173 Å². The molecule has 0 atom stereocenters. The molecule has 2 aliphatic heterocycles. The summed E-state index contributed by atoms with van der Waals surface area (Å²) in [6.45, 7) is 0.869. The van der Waals surface area contributed by atoms with Crippen LogP contribution in [0.3, 0.4) is 0 Å². The van der Waals surface area contributed by atoms with Gasteiger partial charge in [0.1, 0.15) is 6.61 Å². The number of amides is 1. The molecule has 28 heavy (non-hydrogen) atoms. The number of sulfonamides is 1. The number of benzene rings is 2. The summed E-state index contributed by atoms with van der Waals surface area (Å²) in [4.78, 5) is 14.1. The van der Waals surface area contributed by atoms with Crippen LogP contribution >= 0.6 is 23.2 Å². The molecule has 1 saturated heterocycles. The Hall–Kier alpha value is -1.80. The zero-order chi connectivity index (χ0) is 19.9. The fourth-order valence-electron chi connectivity index (χ4n) is 3.65. The summed E-state index contributed by atoms with van der Waals surface area (Å²) >= 11 is 11.9. The Balaban J connectivity index is 1.52. The molecular weight excluding hydrogens is 423 g/mol. The van der Waals surface area contributed by atoms with Gasteiger partial charge in [0.05, 0.1) is 20.6 Å². The first-order valence-electron chi connectivity index (χ1n) is 8.87. The van der Waals surface area contributed by atoms with Gasteiger partial charge in [-0.05, 0) is 37.1 Å². The zero-order valence-corrected chi connectivity index (χ0v) is 17.2. The van der Waals surface area contributed by atoms with Crippen LogP contribution in [0.1, 0.15) is 18.4 Å². The highest BCUT2D eigenvalue weighted by Gasteiger charge is 2.37. The third kappa shape index (κ3) is 3.48. The van der Waals surface area contributed by atoms with Gasteiger partial charge in [0.2, 0.25) is 10.0 Å². The number of hydrogen-bond donors (Lipinski definition) is 0. The van der Waals surface area contributed by atoms with Gasteiger partial charge in [0.25, 0.3) is 0 Å². The van der Waals surface area contributed by atoms with Crippen LogP contribution in [0.5, 0.6) is 0 Å². The molecule has 2 aromatic carbocycles. The first kappa shape index (κ1) is 19.5. The SMILES string of the molecule is O=C1OCc2ccccc2N1C1CCN(S(=O)(=O)c2ccc(Cl)c(Cl)c2)CC1. The molecular formula is C19H18Cl2N2O4S. The van der Waals surface area contributed by atoms with E-state index in [4.69, 9.17) is 27.9 Å². The minimum Gasteiger partial charge on any atom is -0.444 e. The quantitative estimate of drug-likeness (QED) is 0.713. The number of para-hydroxylation sites is 1. The van der Waals surface area contributed by atoms with E-state index in [1.165, 1.54) is 22.5 Å². The van der Waals surface area contributed by atoms with E-state index in [-0.39, 0.29) is 28.7 Å². The molecule has 0 radical (unpaired) electrons. The molecule has 0 spiro atoms. The van der Waals surface area contributed by atoms with Crippen LogP contribution in [0, 0.1) is 0 Å². The van der Waals surface area contributed by atoms with Crippen molar-refractivity contribution in [1.29, 1.82) is 0 Å². The van der Waals surface area contributed by atoms with Crippen molar-refractivity contribution in [1.82, 2.24) is 4.31 Å². The van der Waals surface area contributed by atoms with Crippen LogP contribution in [-0.2, 0) is 21.4 Å². The molecule has 0 aliphatic carbocycles. The summed E-state index contributed by atoms with van der Waals surface area (Å²) < 4.78 is 32.5. The molecule has 2 aliphatic rings. The van der Waals surface area contributed by atoms with Crippen molar-refractivity contribution in [2.75, 3.05) is 18.0 Å². The van der Waals surface area contributed by atoms with Crippen molar-refractivity contribution >= 4 is 45.0 Å². The molecule has 4 rings (SSSR count). The van der Waals surface area contributed by atoms with E-state index in [0.29, 0.717) is 31.0 Å². The van der Waals surface area contributed by atoms with E-state index in [1.54, 1.807) is 4.90 Å². The Morgan fingerprint density at radius 1 is 1.00 bits per heavy atom. The molecule has 9 heteroatoms. The van der Waals surface area contributed by atoms with E-state index in [2.05, 4.69) is 0 Å².